The van der Waals surface area contributed by atoms with Crippen LogP contribution in [0.4, 0.5) is 10.6 Å². The maximum atomic E-state index is 13.1. The van der Waals surface area contributed by atoms with Gasteiger partial charge in [-0.1, -0.05) is 56.6 Å². The average Bonchev–Trinajstić information content (AvgIpc) is 3.38. The molecule has 2 heterocycles. The van der Waals surface area contributed by atoms with E-state index in [0.29, 0.717) is 54.3 Å². The van der Waals surface area contributed by atoms with Gasteiger partial charge in [-0.3, -0.25) is 5.32 Å². The lowest BCUT2D eigenvalue weighted by Crippen LogP contribution is -2.35. The molecule has 0 unspecified atom stereocenters. The van der Waals surface area contributed by atoms with E-state index in [9.17, 15) is 4.79 Å². The highest BCUT2D eigenvalue weighted by molar-refractivity contribution is 6.30. The van der Waals surface area contributed by atoms with E-state index in [2.05, 4.69) is 43.0 Å². The van der Waals surface area contributed by atoms with E-state index >= 15 is 0 Å². The maximum absolute atomic E-state index is 13.1. The van der Waals surface area contributed by atoms with Crippen LogP contribution in [0.15, 0.2) is 78.2 Å². The zero-order valence-corrected chi connectivity index (χ0v) is 25.2. The van der Waals surface area contributed by atoms with E-state index in [1.54, 1.807) is 29.0 Å². The molecule has 0 radical (unpaired) electrons. The number of carbonyl (C=O) groups is 1. The molecule has 11 heteroatoms. The van der Waals surface area contributed by atoms with Gasteiger partial charge in [0.1, 0.15) is 17.4 Å². The third-order valence-electron chi connectivity index (χ3n) is 6.53. The number of urea groups is 1. The number of halogens is 1. The van der Waals surface area contributed by atoms with E-state index in [1.165, 1.54) is 6.20 Å². The smallest absolute Gasteiger partial charge is 0.320 e. The first-order chi connectivity index (χ1) is 20.0. The molecule has 0 atom stereocenters. The van der Waals surface area contributed by atoms with Crippen molar-refractivity contribution >= 4 is 29.3 Å². The second-order valence-corrected chi connectivity index (χ2v) is 11.3. The highest BCUT2D eigenvalue weighted by Crippen LogP contribution is 2.27. The summed E-state index contributed by atoms with van der Waals surface area (Å²) in [6, 6.07) is 14.6. The predicted molar refractivity (Wildman–Crippen MR) is 167 cm³/mol. The van der Waals surface area contributed by atoms with Crippen molar-refractivity contribution in [3.05, 3.63) is 95.1 Å². The van der Waals surface area contributed by atoms with Gasteiger partial charge in [-0.2, -0.15) is 10.1 Å². The molecule has 0 saturated carbocycles. The van der Waals surface area contributed by atoms with Gasteiger partial charge in [-0.25, -0.2) is 9.48 Å². The van der Waals surface area contributed by atoms with Crippen molar-refractivity contribution in [2.45, 2.75) is 39.7 Å². The molecule has 2 aromatic carbocycles. The Hall–Kier alpha value is -4.28. The number of aliphatic imine (C=N–C) groups is 1. The fourth-order valence-corrected chi connectivity index (χ4v) is 4.34. The van der Waals surface area contributed by atoms with Crippen molar-refractivity contribution < 1.29 is 14.3 Å². The molecule has 4 rings (SSSR count). The summed E-state index contributed by atoms with van der Waals surface area (Å²) in [5, 5.41) is 11.1. The SMILES string of the molecule is C=C(N=C(/C=C\N)Oc1ccc(Cl)cc1CNC(=O)Nc1cc(C(C)(C)C)nn1-c1ccc(C)cc1)N1CCOCC1. The standard InChI is InChI=1S/C31H38ClN7O3/c1-21-6-9-25(10-7-21)39-28(19-27(37-39)31(3,4)5)36-30(40)34-20-23-18-24(32)8-11-26(23)42-29(12-13-33)35-22(2)38-14-16-41-17-15-38/h6-13,18-19H,2,14-17,20,33H2,1,3-5H3,(H2,34,36,40)/b13-12-,35-29?. The molecule has 1 fully saturated rings. The number of hydrogen-bond acceptors (Lipinski definition) is 7. The van der Waals surface area contributed by atoms with Crippen LogP contribution < -0.4 is 21.1 Å². The van der Waals surface area contributed by atoms with Crippen LogP contribution in [0.25, 0.3) is 5.69 Å². The van der Waals surface area contributed by atoms with Gasteiger partial charge >= 0.3 is 6.03 Å². The Morgan fingerprint density at radius 1 is 1.19 bits per heavy atom. The number of anilines is 1. The quantitative estimate of drug-likeness (QED) is 0.235. The number of benzene rings is 2. The van der Waals surface area contributed by atoms with Gasteiger partial charge in [-0.05, 0) is 43.5 Å². The third-order valence-corrected chi connectivity index (χ3v) is 6.76. The molecule has 0 spiro atoms. The van der Waals surface area contributed by atoms with Crippen molar-refractivity contribution in [1.82, 2.24) is 20.0 Å². The van der Waals surface area contributed by atoms with Gasteiger partial charge < -0.3 is 25.4 Å². The number of aromatic nitrogens is 2. The fourth-order valence-electron chi connectivity index (χ4n) is 4.15. The third kappa shape index (κ3) is 8.14. The normalized spacial score (nSPS) is 14.2. The summed E-state index contributed by atoms with van der Waals surface area (Å²) in [6.45, 7) is 15.0. The first-order valence-electron chi connectivity index (χ1n) is 13.7. The summed E-state index contributed by atoms with van der Waals surface area (Å²) in [4.78, 5) is 19.6. The Morgan fingerprint density at radius 3 is 2.57 bits per heavy atom. The number of nitrogens with one attached hydrogen (secondary N) is 2. The Balaban J connectivity index is 1.50. The van der Waals surface area contributed by atoms with Crippen molar-refractivity contribution in [2.24, 2.45) is 10.7 Å². The summed E-state index contributed by atoms with van der Waals surface area (Å²) in [5.74, 6) is 1.80. The Bertz CT molecular complexity index is 1470. The summed E-state index contributed by atoms with van der Waals surface area (Å²) in [6.07, 6.45) is 2.89. The Morgan fingerprint density at radius 2 is 1.90 bits per heavy atom. The molecule has 222 valence electrons. The van der Waals surface area contributed by atoms with Crippen LogP contribution in [0.3, 0.4) is 0 Å². The van der Waals surface area contributed by atoms with Crippen LogP contribution in [0.5, 0.6) is 5.75 Å². The van der Waals surface area contributed by atoms with E-state index < -0.39 is 6.03 Å². The summed E-state index contributed by atoms with van der Waals surface area (Å²) in [5.41, 5.74) is 8.93. The van der Waals surface area contributed by atoms with Gasteiger partial charge in [0.2, 0.25) is 5.90 Å². The van der Waals surface area contributed by atoms with Crippen LogP contribution in [0.1, 0.15) is 37.6 Å². The van der Waals surface area contributed by atoms with Gasteiger partial charge in [0, 0.05) is 47.8 Å². The minimum Gasteiger partial charge on any atom is -0.439 e. The largest absolute Gasteiger partial charge is 0.439 e. The van der Waals surface area contributed by atoms with E-state index in [1.807, 2.05) is 42.2 Å². The molecule has 4 N–H and O–H groups in total. The topological polar surface area (TPSA) is 119 Å². The number of morpholine rings is 1. The van der Waals surface area contributed by atoms with E-state index in [0.717, 1.165) is 16.9 Å². The summed E-state index contributed by atoms with van der Waals surface area (Å²) in [7, 11) is 0. The molecule has 3 aromatic rings. The number of ether oxygens (including phenoxy) is 2. The zero-order chi connectivity index (χ0) is 30.3. The lowest BCUT2D eigenvalue weighted by molar-refractivity contribution is 0.0533. The molecule has 1 aromatic heterocycles. The lowest BCUT2D eigenvalue weighted by atomic mass is 9.92. The first kappa shape index (κ1) is 30.7. The second-order valence-electron chi connectivity index (χ2n) is 10.9. The first-order valence-corrected chi connectivity index (χ1v) is 14.1. The monoisotopic (exact) mass is 591 g/mol. The molecule has 2 amide bonds. The predicted octanol–water partition coefficient (Wildman–Crippen LogP) is 5.51. The van der Waals surface area contributed by atoms with Gasteiger partial charge in [0.25, 0.3) is 0 Å². The highest BCUT2D eigenvalue weighted by Gasteiger charge is 2.22. The van der Waals surface area contributed by atoms with Crippen LogP contribution in [0.2, 0.25) is 5.02 Å². The van der Waals surface area contributed by atoms with Crippen molar-refractivity contribution in [1.29, 1.82) is 0 Å². The minimum absolute atomic E-state index is 0.135. The van der Waals surface area contributed by atoms with Gasteiger partial charge in [0.15, 0.2) is 0 Å². The van der Waals surface area contributed by atoms with Crippen molar-refractivity contribution in [2.75, 3.05) is 31.6 Å². The van der Waals surface area contributed by atoms with Gasteiger partial charge in [0.05, 0.1) is 24.6 Å². The van der Waals surface area contributed by atoms with Crippen LogP contribution >= 0.6 is 11.6 Å². The van der Waals surface area contributed by atoms with Crippen LogP contribution in [-0.2, 0) is 16.7 Å². The Kier molecular flexibility index (Phi) is 9.92. The molecular weight excluding hydrogens is 554 g/mol. The average molecular weight is 592 g/mol. The number of nitrogens with two attached hydrogens (primary N) is 1. The second kappa shape index (κ2) is 13.6. The molecule has 42 heavy (non-hydrogen) atoms. The van der Waals surface area contributed by atoms with E-state index in [-0.39, 0.29) is 17.9 Å². The summed E-state index contributed by atoms with van der Waals surface area (Å²) >= 11 is 6.30. The number of aryl methyl sites for hydroxylation is 1. The number of rotatable bonds is 8. The van der Waals surface area contributed by atoms with Gasteiger partial charge in [-0.15, -0.1) is 0 Å². The molecule has 10 nitrogen and oxygen atoms in total. The maximum Gasteiger partial charge on any atom is 0.320 e. The van der Waals surface area contributed by atoms with Crippen molar-refractivity contribution in [3.63, 3.8) is 0 Å². The summed E-state index contributed by atoms with van der Waals surface area (Å²) < 4.78 is 13.2. The Labute approximate surface area is 251 Å². The molecule has 0 bridgehead atoms. The molecule has 1 aliphatic rings. The fraction of sp³-hybridized carbons (Fsp3) is 0.323. The lowest BCUT2D eigenvalue weighted by Gasteiger charge is -2.28. The molecule has 1 saturated heterocycles. The molecule has 1 aliphatic heterocycles. The van der Waals surface area contributed by atoms with E-state index in [4.69, 9.17) is 31.9 Å². The highest BCUT2D eigenvalue weighted by atomic mass is 35.5. The number of amides is 2. The minimum atomic E-state index is -0.411. The van der Waals surface area contributed by atoms with Crippen molar-refractivity contribution in [3.8, 4) is 11.4 Å². The molecule has 0 aliphatic carbocycles. The number of carbonyl (C=O) groups excluding carboxylic acids is 1. The number of nitrogens with zero attached hydrogens (tertiary/aromatic N) is 4. The van der Waals surface area contributed by atoms with Crippen LogP contribution in [0, 0.1) is 6.92 Å². The number of hydrogen-bond donors (Lipinski definition) is 3. The van der Waals surface area contributed by atoms with Crippen LogP contribution in [-0.4, -0.2) is 52.9 Å². The molecular formula is C31H38ClN7O3. The zero-order valence-electron chi connectivity index (χ0n) is 24.5.